The second kappa shape index (κ2) is 5.35. The number of aromatic carboxylic acids is 1. The maximum absolute atomic E-state index is 10.9. The number of pyridine rings is 1. The highest BCUT2D eigenvalue weighted by Gasteiger charge is 2.26. The van der Waals surface area contributed by atoms with E-state index in [2.05, 4.69) is 16.8 Å². The van der Waals surface area contributed by atoms with Gasteiger partial charge < -0.3 is 14.7 Å². The predicted octanol–water partition coefficient (Wildman–Crippen LogP) is 1.64. The molecule has 5 heteroatoms. The van der Waals surface area contributed by atoms with Crippen LogP contribution in [0.25, 0.3) is 0 Å². The number of nitrogens with zero attached hydrogens (tertiary/aromatic N) is 2. The minimum atomic E-state index is -0.995. The first-order chi connectivity index (χ1) is 8.61. The topological polar surface area (TPSA) is 62.7 Å². The molecule has 1 aromatic heterocycles. The van der Waals surface area contributed by atoms with Crippen molar-refractivity contribution >= 4 is 11.8 Å². The van der Waals surface area contributed by atoms with E-state index in [0.717, 1.165) is 19.5 Å². The van der Waals surface area contributed by atoms with Gasteiger partial charge in [-0.3, -0.25) is 0 Å². The lowest BCUT2D eigenvalue weighted by molar-refractivity contribution is 0.0496. The van der Waals surface area contributed by atoms with Crippen molar-refractivity contribution in [2.75, 3.05) is 25.1 Å². The summed E-state index contributed by atoms with van der Waals surface area (Å²) in [5, 5.41) is 8.94. The summed E-state index contributed by atoms with van der Waals surface area (Å²) in [6.07, 6.45) is 1.20. The quantitative estimate of drug-likeness (QED) is 0.883. The summed E-state index contributed by atoms with van der Waals surface area (Å²) in [4.78, 5) is 17.1. The first-order valence-electron chi connectivity index (χ1n) is 6.10. The van der Waals surface area contributed by atoms with Gasteiger partial charge in [0, 0.05) is 20.2 Å². The van der Waals surface area contributed by atoms with Crippen LogP contribution >= 0.6 is 0 Å². The molecule has 2 unspecified atom stereocenters. The molecule has 1 aliphatic heterocycles. The number of anilines is 1. The van der Waals surface area contributed by atoms with Crippen LogP contribution in [0.4, 0.5) is 5.82 Å². The average molecular weight is 250 g/mol. The molecule has 0 bridgehead atoms. The van der Waals surface area contributed by atoms with Gasteiger partial charge in [0.2, 0.25) is 0 Å². The van der Waals surface area contributed by atoms with Crippen LogP contribution in [0.5, 0.6) is 0 Å². The molecule has 1 aromatic rings. The monoisotopic (exact) mass is 250 g/mol. The van der Waals surface area contributed by atoms with Crippen LogP contribution in [0.3, 0.4) is 0 Å². The van der Waals surface area contributed by atoms with E-state index in [1.54, 1.807) is 13.2 Å². The Morgan fingerprint density at radius 1 is 1.56 bits per heavy atom. The van der Waals surface area contributed by atoms with Gasteiger partial charge in [0.1, 0.15) is 5.82 Å². The van der Waals surface area contributed by atoms with Gasteiger partial charge >= 0.3 is 5.97 Å². The molecule has 5 nitrogen and oxygen atoms in total. The van der Waals surface area contributed by atoms with Gasteiger partial charge in [-0.15, -0.1) is 0 Å². The van der Waals surface area contributed by atoms with E-state index in [1.807, 2.05) is 6.07 Å². The molecule has 2 rings (SSSR count). The third-order valence-corrected chi connectivity index (χ3v) is 3.47. The zero-order valence-electron chi connectivity index (χ0n) is 10.7. The van der Waals surface area contributed by atoms with E-state index >= 15 is 0 Å². The van der Waals surface area contributed by atoms with Gasteiger partial charge in [-0.2, -0.15) is 0 Å². The largest absolute Gasteiger partial charge is 0.477 e. The lowest BCUT2D eigenvalue weighted by Gasteiger charge is -2.36. The Morgan fingerprint density at radius 3 is 3.00 bits per heavy atom. The summed E-state index contributed by atoms with van der Waals surface area (Å²) in [5.41, 5.74) is 0.0834. The Morgan fingerprint density at radius 2 is 2.33 bits per heavy atom. The SMILES string of the molecule is COC1CN(c2cccc(C(=O)O)n2)CCC1C. The van der Waals surface area contributed by atoms with E-state index < -0.39 is 5.97 Å². The molecule has 2 atom stereocenters. The van der Waals surface area contributed by atoms with Crippen LogP contribution < -0.4 is 4.90 Å². The minimum Gasteiger partial charge on any atom is -0.477 e. The number of carboxylic acids is 1. The number of piperidine rings is 1. The average Bonchev–Trinajstić information content (AvgIpc) is 2.39. The third kappa shape index (κ3) is 2.61. The Hall–Kier alpha value is -1.62. The molecular weight excluding hydrogens is 232 g/mol. The molecule has 1 N–H and O–H groups in total. The van der Waals surface area contributed by atoms with Gasteiger partial charge in [0.05, 0.1) is 6.10 Å². The molecule has 0 saturated carbocycles. The van der Waals surface area contributed by atoms with Crippen LogP contribution in [0, 0.1) is 5.92 Å². The highest BCUT2D eigenvalue weighted by molar-refractivity contribution is 5.85. The first kappa shape index (κ1) is 12.8. The van der Waals surface area contributed by atoms with E-state index in [4.69, 9.17) is 9.84 Å². The normalized spacial score (nSPS) is 24.0. The lowest BCUT2D eigenvalue weighted by atomic mass is 9.96. The maximum Gasteiger partial charge on any atom is 0.354 e. The van der Waals surface area contributed by atoms with E-state index in [9.17, 15) is 4.79 Å². The van der Waals surface area contributed by atoms with Crippen molar-refractivity contribution in [3.8, 4) is 0 Å². The van der Waals surface area contributed by atoms with E-state index in [1.165, 1.54) is 6.07 Å². The molecule has 0 aliphatic carbocycles. The van der Waals surface area contributed by atoms with Gasteiger partial charge in [-0.1, -0.05) is 13.0 Å². The fourth-order valence-corrected chi connectivity index (χ4v) is 2.27. The van der Waals surface area contributed by atoms with Crippen LogP contribution in [0.15, 0.2) is 18.2 Å². The van der Waals surface area contributed by atoms with Gasteiger partial charge in [-0.25, -0.2) is 9.78 Å². The van der Waals surface area contributed by atoms with Crippen molar-refractivity contribution < 1.29 is 14.6 Å². The van der Waals surface area contributed by atoms with Crippen LogP contribution in [0.1, 0.15) is 23.8 Å². The van der Waals surface area contributed by atoms with Crippen molar-refractivity contribution in [3.05, 3.63) is 23.9 Å². The summed E-state index contributed by atoms with van der Waals surface area (Å²) in [5.74, 6) is 0.239. The third-order valence-electron chi connectivity index (χ3n) is 3.47. The Kier molecular flexibility index (Phi) is 3.81. The summed E-state index contributed by atoms with van der Waals surface area (Å²) in [6.45, 7) is 3.82. The molecule has 98 valence electrons. The Balaban J connectivity index is 2.16. The van der Waals surface area contributed by atoms with Crippen molar-refractivity contribution in [2.24, 2.45) is 5.92 Å². The zero-order valence-corrected chi connectivity index (χ0v) is 10.7. The molecule has 1 aliphatic rings. The Labute approximate surface area is 106 Å². The molecule has 1 saturated heterocycles. The van der Waals surface area contributed by atoms with Crippen LogP contribution in [-0.4, -0.2) is 42.4 Å². The standard InChI is InChI=1S/C13H18N2O3/c1-9-6-7-15(8-11(9)18-2)12-5-3-4-10(14-12)13(16)17/h3-5,9,11H,6-8H2,1-2H3,(H,16,17). The molecule has 0 aromatic carbocycles. The zero-order chi connectivity index (χ0) is 13.1. The summed E-state index contributed by atoms with van der Waals surface area (Å²) in [7, 11) is 1.71. The number of hydrogen-bond donors (Lipinski definition) is 1. The molecule has 0 spiro atoms. The molecule has 1 fully saturated rings. The highest BCUT2D eigenvalue weighted by Crippen LogP contribution is 2.23. The molecule has 0 amide bonds. The van der Waals surface area contributed by atoms with Crippen molar-refractivity contribution in [2.45, 2.75) is 19.4 Å². The van der Waals surface area contributed by atoms with Crippen LogP contribution in [-0.2, 0) is 4.74 Å². The second-order valence-corrected chi connectivity index (χ2v) is 4.67. The lowest BCUT2D eigenvalue weighted by Crippen LogP contribution is -2.44. The molecular formula is C13H18N2O3. The summed E-state index contributed by atoms with van der Waals surface area (Å²) < 4.78 is 5.45. The minimum absolute atomic E-state index is 0.0834. The smallest absolute Gasteiger partial charge is 0.354 e. The van der Waals surface area contributed by atoms with Crippen molar-refractivity contribution in [3.63, 3.8) is 0 Å². The van der Waals surface area contributed by atoms with E-state index in [-0.39, 0.29) is 11.8 Å². The number of carbonyl (C=O) groups is 1. The number of aromatic nitrogens is 1. The number of ether oxygens (including phenoxy) is 1. The van der Waals surface area contributed by atoms with Crippen LogP contribution in [0.2, 0.25) is 0 Å². The molecule has 2 heterocycles. The van der Waals surface area contributed by atoms with Gasteiger partial charge in [0.25, 0.3) is 0 Å². The molecule has 18 heavy (non-hydrogen) atoms. The maximum atomic E-state index is 10.9. The summed E-state index contributed by atoms with van der Waals surface area (Å²) in [6, 6.07) is 5.08. The second-order valence-electron chi connectivity index (χ2n) is 4.67. The first-order valence-corrected chi connectivity index (χ1v) is 6.10. The highest BCUT2D eigenvalue weighted by atomic mass is 16.5. The fraction of sp³-hybridized carbons (Fsp3) is 0.538. The van der Waals surface area contributed by atoms with Crippen molar-refractivity contribution in [1.82, 2.24) is 4.98 Å². The Bertz CT molecular complexity index is 436. The predicted molar refractivity (Wildman–Crippen MR) is 68.0 cm³/mol. The van der Waals surface area contributed by atoms with Gasteiger partial charge in [-0.05, 0) is 24.5 Å². The van der Waals surface area contributed by atoms with Gasteiger partial charge in [0.15, 0.2) is 5.69 Å². The van der Waals surface area contributed by atoms with E-state index in [0.29, 0.717) is 11.7 Å². The number of methoxy groups -OCH3 is 1. The number of hydrogen-bond acceptors (Lipinski definition) is 4. The number of carboxylic acid groups (broad SMARTS) is 1. The van der Waals surface area contributed by atoms with Crippen molar-refractivity contribution in [1.29, 1.82) is 0 Å². The fourth-order valence-electron chi connectivity index (χ4n) is 2.27. The summed E-state index contributed by atoms with van der Waals surface area (Å²) >= 11 is 0. The number of rotatable bonds is 3. The molecule has 0 radical (unpaired) electrons.